The van der Waals surface area contributed by atoms with Gasteiger partial charge in [0.2, 0.25) is 5.91 Å². The Morgan fingerprint density at radius 2 is 2.26 bits per heavy atom. The van der Waals surface area contributed by atoms with E-state index in [-0.39, 0.29) is 11.2 Å². The normalized spacial score (nSPS) is 22.2. The molecule has 1 amide bonds. The van der Waals surface area contributed by atoms with E-state index in [4.69, 9.17) is 0 Å². The second-order valence-corrected chi connectivity index (χ2v) is 6.56. The molecule has 1 unspecified atom stereocenters. The molecule has 102 valence electrons. The van der Waals surface area contributed by atoms with Crippen LogP contribution in [0.1, 0.15) is 31.2 Å². The van der Waals surface area contributed by atoms with Crippen LogP contribution in [0.5, 0.6) is 0 Å². The van der Waals surface area contributed by atoms with E-state index in [0.29, 0.717) is 0 Å². The van der Waals surface area contributed by atoms with E-state index >= 15 is 0 Å². The summed E-state index contributed by atoms with van der Waals surface area (Å²) in [4.78, 5) is 12.2. The highest BCUT2D eigenvalue weighted by molar-refractivity contribution is 8.00. The molecule has 1 aromatic rings. The lowest BCUT2D eigenvalue weighted by Gasteiger charge is -2.22. The summed E-state index contributed by atoms with van der Waals surface area (Å²) in [7, 11) is 0. The SMILES string of the molecule is O=C(Nc1ccc2c(c1)NCCC2)C1CCCCS1. The molecule has 2 aliphatic rings. The van der Waals surface area contributed by atoms with Gasteiger partial charge in [0.25, 0.3) is 0 Å². The molecule has 0 bridgehead atoms. The molecule has 3 rings (SSSR count). The summed E-state index contributed by atoms with van der Waals surface area (Å²) in [6.45, 7) is 1.03. The molecule has 19 heavy (non-hydrogen) atoms. The molecule has 1 aromatic carbocycles. The fourth-order valence-electron chi connectivity index (χ4n) is 2.71. The molecule has 0 radical (unpaired) electrons. The molecule has 2 heterocycles. The van der Waals surface area contributed by atoms with Crippen LogP contribution in [-0.2, 0) is 11.2 Å². The lowest BCUT2D eigenvalue weighted by atomic mass is 10.0. The van der Waals surface area contributed by atoms with Gasteiger partial charge in [0, 0.05) is 17.9 Å². The van der Waals surface area contributed by atoms with Gasteiger partial charge in [-0.05, 0) is 49.1 Å². The third kappa shape index (κ3) is 3.06. The van der Waals surface area contributed by atoms with Crippen molar-refractivity contribution in [1.82, 2.24) is 0 Å². The zero-order valence-electron chi connectivity index (χ0n) is 11.1. The van der Waals surface area contributed by atoms with Gasteiger partial charge in [0.05, 0.1) is 5.25 Å². The molecule has 1 saturated heterocycles. The fraction of sp³-hybridized carbons (Fsp3) is 0.533. The van der Waals surface area contributed by atoms with Crippen molar-refractivity contribution in [3.8, 4) is 0 Å². The van der Waals surface area contributed by atoms with E-state index in [0.717, 1.165) is 30.8 Å². The predicted octanol–water partition coefficient (Wildman–Crippen LogP) is 3.27. The Bertz CT molecular complexity index is 469. The van der Waals surface area contributed by atoms with Crippen LogP contribution in [0.4, 0.5) is 11.4 Å². The maximum Gasteiger partial charge on any atom is 0.237 e. The Hall–Kier alpha value is -1.16. The molecule has 0 aliphatic carbocycles. The van der Waals surface area contributed by atoms with Gasteiger partial charge in [0.1, 0.15) is 0 Å². The predicted molar refractivity (Wildman–Crippen MR) is 82.0 cm³/mol. The van der Waals surface area contributed by atoms with Crippen molar-refractivity contribution in [3.63, 3.8) is 0 Å². The second-order valence-electron chi connectivity index (χ2n) is 5.25. The number of rotatable bonds is 2. The summed E-state index contributed by atoms with van der Waals surface area (Å²) < 4.78 is 0. The van der Waals surface area contributed by atoms with Crippen molar-refractivity contribution in [2.75, 3.05) is 22.9 Å². The Morgan fingerprint density at radius 1 is 1.32 bits per heavy atom. The van der Waals surface area contributed by atoms with E-state index in [1.165, 1.54) is 30.5 Å². The molecule has 2 N–H and O–H groups in total. The summed E-state index contributed by atoms with van der Waals surface area (Å²) in [6.07, 6.45) is 5.76. The van der Waals surface area contributed by atoms with Gasteiger partial charge >= 0.3 is 0 Å². The molecule has 1 fully saturated rings. The third-order valence-electron chi connectivity index (χ3n) is 3.79. The highest BCUT2D eigenvalue weighted by Gasteiger charge is 2.22. The number of carbonyl (C=O) groups excluding carboxylic acids is 1. The van der Waals surface area contributed by atoms with E-state index in [2.05, 4.69) is 22.8 Å². The van der Waals surface area contributed by atoms with Crippen LogP contribution in [0.2, 0.25) is 0 Å². The van der Waals surface area contributed by atoms with Crippen molar-refractivity contribution in [1.29, 1.82) is 0 Å². The van der Waals surface area contributed by atoms with Crippen molar-refractivity contribution >= 4 is 29.0 Å². The van der Waals surface area contributed by atoms with Crippen LogP contribution in [0, 0.1) is 0 Å². The van der Waals surface area contributed by atoms with E-state index in [1.54, 1.807) is 11.8 Å². The number of thioether (sulfide) groups is 1. The molecule has 0 saturated carbocycles. The Balaban J connectivity index is 1.67. The largest absolute Gasteiger partial charge is 0.385 e. The molecule has 0 aromatic heterocycles. The van der Waals surface area contributed by atoms with Crippen molar-refractivity contribution < 1.29 is 4.79 Å². The summed E-state index contributed by atoms with van der Waals surface area (Å²) in [5.74, 6) is 1.28. The summed E-state index contributed by atoms with van der Waals surface area (Å²) in [6, 6.07) is 6.22. The van der Waals surface area contributed by atoms with Crippen molar-refractivity contribution in [3.05, 3.63) is 23.8 Å². The van der Waals surface area contributed by atoms with Gasteiger partial charge in [0.15, 0.2) is 0 Å². The van der Waals surface area contributed by atoms with Crippen LogP contribution in [-0.4, -0.2) is 23.5 Å². The number of fused-ring (bicyclic) bond motifs is 1. The zero-order chi connectivity index (χ0) is 13.1. The minimum absolute atomic E-state index is 0.137. The monoisotopic (exact) mass is 276 g/mol. The molecule has 2 aliphatic heterocycles. The van der Waals surface area contributed by atoms with Crippen molar-refractivity contribution in [2.45, 2.75) is 37.4 Å². The van der Waals surface area contributed by atoms with Gasteiger partial charge < -0.3 is 10.6 Å². The first kappa shape index (κ1) is 12.9. The van der Waals surface area contributed by atoms with E-state index < -0.39 is 0 Å². The number of hydrogen-bond donors (Lipinski definition) is 2. The highest BCUT2D eigenvalue weighted by atomic mass is 32.2. The number of amides is 1. The average Bonchev–Trinajstić information content (AvgIpc) is 2.48. The fourth-order valence-corrected chi connectivity index (χ4v) is 3.91. The summed E-state index contributed by atoms with van der Waals surface area (Å²) in [5, 5.41) is 6.60. The van der Waals surface area contributed by atoms with Crippen LogP contribution >= 0.6 is 11.8 Å². The summed E-state index contributed by atoms with van der Waals surface area (Å²) in [5.41, 5.74) is 3.46. The first-order valence-corrected chi connectivity index (χ1v) is 8.17. The molecular weight excluding hydrogens is 256 g/mol. The lowest BCUT2D eigenvalue weighted by Crippen LogP contribution is -2.27. The van der Waals surface area contributed by atoms with Gasteiger partial charge in [-0.25, -0.2) is 0 Å². The second kappa shape index (κ2) is 5.87. The van der Waals surface area contributed by atoms with E-state index in [9.17, 15) is 4.79 Å². The molecule has 3 nitrogen and oxygen atoms in total. The quantitative estimate of drug-likeness (QED) is 0.871. The number of benzene rings is 1. The minimum Gasteiger partial charge on any atom is -0.385 e. The van der Waals surface area contributed by atoms with Crippen LogP contribution in [0.25, 0.3) is 0 Å². The number of aryl methyl sites for hydroxylation is 1. The van der Waals surface area contributed by atoms with Crippen LogP contribution in [0.3, 0.4) is 0 Å². The minimum atomic E-state index is 0.137. The van der Waals surface area contributed by atoms with Gasteiger partial charge in [-0.3, -0.25) is 4.79 Å². The lowest BCUT2D eigenvalue weighted by molar-refractivity contribution is -0.115. The number of hydrogen-bond acceptors (Lipinski definition) is 3. The molecule has 0 spiro atoms. The standard InChI is InChI=1S/C15H20N2OS/c18-15(14-5-1-2-9-19-14)17-12-7-6-11-4-3-8-16-13(11)10-12/h6-7,10,14,16H,1-5,8-9H2,(H,17,18). The topological polar surface area (TPSA) is 41.1 Å². The molecular formula is C15H20N2OS. The van der Waals surface area contributed by atoms with Gasteiger partial charge in [-0.2, -0.15) is 0 Å². The third-order valence-corrected chi connectivity index (χ3v) is 5.16. The zero-order valence-corrected chi connectivity index (χ0v) is 11.9. The Labute approximate surface area is 118 Å². The number of anilines is 2. The Morgan fingerprint density at radius 3 is 3.11 bits per heavy atom. The highest BCUT2D eigenvalue weighted by Crippen LogP contribution is 2.28. The first-order valence-electron chi connectivity index (χ1n) is 7.12. The number of carbonyl (C=O) groups is 1. The van der Waals surface area contributed by atoms with Crippen LogP contribution < -0.4 is 10.6 Å². The summed E-state index contributed by atoms with van der Waals surface area (Å²) >= 11 is 1.79. The maximum absolute atomic E-state index is 12.2. The molecule has 1 atom stereocenters. The average molecular weight is 276 g/mol. The maximum atomic E-state index is 12.2. The van der Waals surface area contributed by atoms with Crippen LogP contribution in [0.15, 0.2) is 18.2 Å². The van der Waals surface area contributed by atoms with Gasteiger partial charge in [-0.15, -0.1) is 11.8 Å². The van der Waals surface area contributed by atoms with Crippen molar-refractivity contribution in [2.24, 2.45) is 0 Å². The first-order chi connectivity index (χ1) is 9.33. The Kier molecular flexibility index (Phi) is 3.97. The smallest absolute Gasteiger partial charge is 0.237 e. The van der Waals surface area contributed by atoms with E-state index in [1.807, 2.05) is 6.07 Å². The number of nitrogens with one attached hydrogen (secondary N) is 2. The molecule has 4 heteroatoms. The van der Waals surface area contributed by atoms with Gasteiger partial charge in [-0.1, -0.05) is 12.5 Å².